The molecule has 0 spiro atoms. The minimum atomic E-state index is -0.443. The Hall–Kier alpha value is -3.18. The van der Waals surface area contributed by atoms with Gasteiger partial charge < -0.3 is 10.6 Å². The first-order valence-corrected chi connectivity index (χ1v) is 9.26. The molecule has 4 nitrogen and oxygen atoms in total. The van der Waals surface area contributed by atoms with Gasteiger partial charge in [-0.1, -0.05) is 17.7 Å². The maximum absolute atomic E-state index is 13.4. The van der Waals surface area contributed by atoms with Crippen molar-refractivity contribution >= 4 is 39.6 Å². The van der Waals surface area contributed by atoms with E-state index >= 15 is 0 Å². The number of hydrogen-bond acceptors (Lipinski definition) is 4. The topological polar surface area (TPSA) is 49.8 Å². The van der Waals surface area contributed by atoms with Crippen molar-refractivity contribution in [1.82, 2.24) is 9.97 Å². The molecular formula is C22H18ClFN4. The molecule has 2 aromatic carbocycles. The molecule has 0 saturated carbocycles. The third kappa shape index (κ3) is 3.89. The Morgan fingerprint density at radius 2 is 1.79 bits per heavy atom. The van der Waals surface area contributed by atoms with E-state index in [0.717, 1.165) is 28.0 Å². The molecule has 2 heterocycles. The van der Waals surface area contributed by atoms with Crippen LogP contribution >= 0.6 is 11.6 Å². The molecule has 0 aliphatic carbocycles. The Bertz CT molecular complexity index is 1120. The van der Waals surface area contributed by atoms with E-state index in [4.69, 9.17) is 11.6 Å². The summed E-state index contributed by atoms with van der Waals surface area (Å²) in [5, 5.41) is 7.79. The Balaban J connectivity index is 1.64. The Morgan fingerprint density at radius 1 is 0.929 bits per heavy atom. The average molecular weight is 393 g/mol. The molecule has 2 N–H and O–H groups in total. The molecule has 0 bridgehead atoms. The summed E-state index contributed by atoms with van der Waals surface area (Å²) in [6, 6.07) is 18.4. The van der Waals surface area contributed by atoms with Gasteiger partial charge in [-0.25, -0.2) is 4.39 Å². The molecule has 6 heteroatoms. The Labute approximate surface area is 167 Å². The highest BCUT2D eigenvalue weighted by Crippen LogP contribution is 2.30. The van der Waals surface area contributed by atoms with Crippen molar-refractivity contribution in [2.45, 2.75) is 13.0 Å². The molecule has 4 rings (SSSR count). The van der Waals surface area contributed by atoms with Crippen molar-refractivity contribution in [2.75, 3.05) is 10.6 Å². The van der Waals surface area contributed by atoms with Crippen molar-refractivity contribution in [3.63, 3.8) is 0 Å². The standard InChI is InChI=1S/C22H18ClFN4/c1-14(20-4-2-3-10-25-20)27-15-6-8-21-17(12-15)22(9-11-26-21)28-16-5-7-19(24)18(23)13-16/h2-14,27H,1H3,(H,26,28)/t14-/m0/s1. The lowest BCUT2D eigenvalue weighted by atomic mass is 10.1. The van der Waals surface area contributed by atoms with Crippen LogP contribution in [-0.4, -0.2) is 9.97 Å². The fourth-order valence-corrected chi connectivity index (χ4v) is 3.21. The molecule has 0 unspecified atom stereocenters. The van der Waals surface area contributed by atoms with Gasteiger partial charge in [0, 0.05) is 34.8 Å². The lowest BCUT2D eigenvalue weighted by Gasteiger charge is -2.16. The maximum Gasteiger partial charge on any atom is 0.141 e. The summed E-state index contributed by atoms with van der Waals surface area (Å²) < 4.78 is 13.4. The highest BCUT2D eigenvalue weighted by atomic mass is 35.5. The van der Waals surface area contributed by atoms with Gasteiger partial charge in [-0.05, 0) is 61.5 Å². The number of benzene rings is 2. The van der Waals surface area contributed by atoms with Crippen LogP contribution < -0.4 is 10.6 Å². The second kappa shape index (κ2) is 7.82. The van der Waals surface area contributed by atoms with Crippen molar-refractivity contribution in [1.29, 1.82) is 0 Å². The van der Waals surface area contributed by atoms with Gasteiger partial charge in [0.25, 0.3) is 0 Å². The van der Waals surface area contributed by atoms with Crippen LogP contribution in [0.15, 0.2) is 73.1 Å². The molecule has 28 heavy (non-hydrogen) atoms. The van der Waals surface area contributed by atoms with Crippen LogP contribution in [0.25, 0.3) is 10.9 Å². The number of hydrogen-bond donors (Lipinski definition) is 2. The van der Waals surface area contributed by atoms with Gasteiger partial charge in [-0.2, -0.15) is 0 Å². The molecule has 0 amide bonds. The minimum absolute atomic E-state index is 0.0580. The fraction of sp³-hybridized carbons (Fsp3) is 0.0909. The van der Waals surface area contributed by atoms with E-state index in [1.807, 2.05) is 42.5 Å². The largest absolute Gasteiger partial charge is 0.377 e. The number of pyridine rings is 2. The van der Waals surface area contributed by atoms with Gasteiger partial charge >= 0.3 is 0 Å². The van der Waals surface area contributed by atoms with Gasteiger partial charge in [0.05, 0.1) is 22.3 Å². The Kier molecular flexibility index (Phi) is 5.08. The molecule has 0 radical (unpaired) electrons. The van der Waals surface area contributed by atoms with Gasteiger partial charge in [0.15, 0.2) is 0 Å². The predicted molar refractivity (Wildman–Crippen MR) is 113 cm³/mol. The summed E-state index contributed by atoms with van der Waals surface area (Å²) in [4.78, 5) is 8.82. The Morgan fingerprint density at radius 3 is 2.57 bits per heavy atom. The van der Waals surface area contributed by atoms with Crippen molar-refractivity contribution in [3.8, 4) is 0 Å². The summed E-state index contributed by atoms with van der Waals surface area (Å²) >= 11 is 5.90. The molecule has 4 aromatic rings. The smallest absolute Gasteiger partial charge is 0.141 e. The van der Waals surface area contributed by atoms with Crippen molar-refractivity contribution < 1.29 is 4.39 Å². The summed E-state index contributed by atoms with van der Waals surface area (Å²) in [5.74, 6) is -0.443. The van der Waals surface area contributed by atoms with E-state index in [1.165, 1.54) is 6.07 Å². The molecule has 0 aliphatic rings. The number of fused-ring (bicyclic) bond motifs is 1. The molecule has 1 atom stereocenters. The third-order valence-electron chi connectivity index (χ3n) is 4.45. The monoisotopic (exact) mass is 392 g/mol. The van der Waals surface area contributed by atoms with Crippen molar-refractivity contribution in [2.24, 2.45) is 0 Å². The number of nitrogens with one attached hydrogen (secondary N) is 2. The first-order chi connectivity index (χ1) is 13.6. The molecular weight excluding hydrogens is 375 g/mol. The van der Waals surface area contributed by atoms with Crippen LogP contribution in [0, 0.1) is 5.82 Å². The number of aromatic nitrogens is 2. The predicted octanol–water partition coefficient (Wildman–Crippen LogP) is 6.34. The first-order valence-electron chi connectivity index (χ1n) is 8.88. The SMILES string of the molecule is C[C@H](Nc1ccc2nccc(Nc3ccc(F)c(Cl)c3)c2c1)c1ccccn1. The molecule has 140 valence electrons. The minimum Gasteiger partial charge on any atom is -0.377 e. The first kappa shape index (κ1) is 18.2. The second-order valence-corrected chi connectivity index (χ2v) is 6.87. The van der Waals surface area contributed by atoms with E-state index in [1.54, 1.807) is 24.5 Å². The summed E-state index contributed by atoms with van der Waals surface area (Å²) in [5.41, 5.74) is 4.35. The van der Waals surface area contributed by atoms with Crippen molar-refractivity contribution in [3.05, 3.63) is 89.6 Å². The van der Waals surface area contributed by atoms with Gasteiger partial charge in [0.1, 0.15) is 5.82 Å². The highest BCUT2D eigenvalue weighted by Gasteiger charge is 2.09. The number of rotatable bonds is 5. The van der Waals surface area contributed by atoms with E-state index in [0.29, 0.717) is 5.69 Å². The lowest BCUT2D eigenvalue weighted by Crippen LogP contribution is -2.08. The van der Waals surface area contributed by atoms with Crippen LogP contribution in [0.5, 0.6) is 0 Å². The maximum atomic E-state index is 13.4. The van der Waals surface area contributed by atoms with Crippen LogP contribution in [0.2, 0.25) is 5.02 Å². The van der Waals surface area contributed by atoms with E-state index in [2.05, 4.69) is 27.5 Å². The molecule has 0 saturated heterocycles. The average Bonchev–Trinajstić information content (AvgIpc) is 2.72. The zero-order valence-corrected chi connectivity index (χ0v) is 15.9. The summed E-state index contributed by atoms with van der Waals surface area (Å²) in [6.45, 7) is 2.06. The molecule has 2 aromatic heterocycles. The lowest BCUT2D eigenvalue weighted by molar-refractivity contribution is 0.628. The highest BCUT2D eigenvalue weighted by molar-refractivity contribution is 6.31. The quantitative estimate of drug-likeness (QED) is 0.416. The van der Waals surface area contributed by atoms with Gasteiger partial charge in [-0.15, -0.1) is 0 Å². The van der Waals surface area contributed by atoms with Gasteiger partial charge in [-0.3, -0.25) is 9.97 Å². The molecule has 0 fully saturated rings. The number of nitrogens with zero attached hydrogens (tertiary/aromatic N) is 2. The third-order valence-corrected chi connectivity index (χ3v) is 4.74. The van der Waals surface area contributed by atoms with Crippen LogP contribution in [0.1, 0.15) is 18.7 Å². The van der Waals surface area contributed by atoms with Crippen LogP contribution in [-0.2, 0) is 0 Å². The zero-order valence-electron chi connectivity index (χ0n) is 15.2. The van der Waals surface area contributed by atoms with Crippen LogP contribution in [0.4, 0.5) is 21.5 Å². The van der Waals surface area contributed by atoms with E-state index < -0.39 is 5.82 Å². The van der Waals surface area contributed by atoms with E-state index in [9.17, 15) is 4.39 Å². The molecule has 0 aliphatic heterocycles. The fourth-order valence-electron chi connectivity index (χ4n) is 3.03. The summed E-state index contributed by atoms with van der Waals surface area (Å²) in [6.07, 6.45) is 3.52. The number of halogens is 2. The number of anilines is 3. The second-order valence-electron chi connectivity index (χ2n) is 6.46. The zero-order chi connectivity index (χ0) is 19.5. The summed E-state index contributed by atoms with van der Waals surface area (Å²) in [7, 11) is 0. The van der Waals surface area contributed by atoms with E-state index in [-0.39, 0.29) is 11.1 Å². The van der Waals surface area contributed by atoms with Crippen LogP contribution in [0.3, 0.4) is 0 Å². The van der Waals surface area contributed by atoms with Gasteiger partial charge in [0.2, 0.25) is 0 Å². The normalized spacial score (nSPS) is 12.0.